The molecule has 0 bridgehead atoms. The highest BCUT2D eigenvalue weighted by Crippen LogP contribution is 2.30. The van der Waals surface area contributed by atoms with Gasteiger partial charge in [0.2, 0.25) is 5.91 Å². The second-order valence-corrected chi connectivity index (χ2v) is 5.45. The molecule has 0 spiro atoms. The van der Waals surface area contributed by atoms with Gasteiger partial charge in [-0.25, -0.2) is 4.98 Å². The number of hydrogen-bond donors (Lipinski definition) is 2. The van der Waals surface area contributed by atoms with Crippen molar-refractivity contribution in [1.29, 1.82) is 0 Å². The fourth-order valence-electron chi connectivity index (χ4n) is 2.85. The van der Waals surface area contributed by atoms with Gasteiger partial charge in [0.25, 0.3) is 5.91 Å². The Kier molecular flexibility index (Phi) is 2.87. The van der Waals surface area contributed by atoms with E-state index in [2.05, 4.69) is 15.2 Å². The van der Waals surface area contributed by atoms with Crippen LogP contribution in [0.4, 0.5) is 5.69 Å². The second-order valence-electron chi connectivity index (χ2n) is 5.45. The number of carbonyl (C=O) groups excluding carboxylic acids is 2. The number of nitrogens with two attached hydrogens (primary N) is 1. The molecule has 114 valence electrons. The molecule has 3 heterocycles. The zero-order chi connectivity index (χ0) is 16.0. The largest absolute Gasteiger partial charge is 0.366 e. The first-order valence-electron chi connectivity index (χ1n) is 7.17. The van der Waals surface area contributed by atoms with Gasteiger partial charge in [0.1, 0.15) is 0 Å². The number of aromatic nitrogens is 3. The molecule has 4 rings (SSSR count). The normalized spacial score (nSPS) is 13.3. The Balaban J connectivity index is 1.73. The molecular weight excluding hydrogens is 294 g/mol. The lowest BCUT2D eigenvalue weighted by molar-refractivity contribution is 0.0982. The molecule has 23 heavy (non-hydrogen) atoms. The van der Waals surface area contributed by atoms with Gasteiger partial charge in [0.15, 0.2) is 5.65 Å². The van der Waals surface area contributed by atoms with Crippen molar-refractivity contribution in [3.8, 4) is 0 Å². The molecule has 1 aliphatic heterocycles. The standard InChI is InChI=1S/C16H13N5O2/c17-14(22)10-2-1-9-3-4-21(13(9)6-10)16(23)12-5-11-8-19-20-15(11)18-7-12/h1-2,5-8H,3-4H2,(H2,17,22)(H,18,19,20). The minimum Gasteiger partial charge on any atom is -0.366 e. The molecule has 0 atom stereocenters. The van der Waals surface area contributed by atoms with Crippen molar-refractivity contribution in [2.45, 2.75) is 6.42 Å². The Hall–Kier alpha value is -3.22. The second kappa shape index (κ2) is 4.91. The van der Waals surface area contributed by atoms with Crippen molar-refractivity contribution in [2.24, 2.45) is 5.73 Å². The van der Waals surface area contributed by atoms with E-state index < -0.39 is 5.91 Å². The SMILES string of the molecule is NC(=O)c1ccc2c(c1)N(C(=O)c1cnc3[nH]ncc3c1)CC2. The molecule has 0 fully saturated rings. The van der Waals surface area contributed by atoms with E-state index in [9.17, 15) is 9.59 Å². The first-order valence-corrected chi connectivity index (χ1v) is 7.17. The molecule has 2 aromatic heterocycles. The molecule has 7 heteroatoms. The Morgan fingerprint density at radius 3 is 2.87 bits per heavy atom. The Bertz CT molecular complexity index is 947. The fourth-order valence-corrected chi connectivity index (χ4v) is 2.85. The maximum absolute atomic E-state index is 12.8. The number of fused-ring (bicyclic) bond motifs is 2. The summed E-state index contributed by atoms with van der Waals surface area (Å²) < 4.78 is 0. The number of anilines is 1. The minimum absolute atomic E-state index is 0.152. The topological polar surface area (TPSA) is 105 Å². The van der Waals surface area contributed by atoms with Crippen LogP contribution in [0.15, 0.2) is 36.7 Å². The van der Waals surface area contributed by atoms with E-state index in [4.69, 9.17) is 5.73 Å². The van der Waals surface area contributed by atoms with Crippen LogP contribution in [-0.4, -0.2) is 33.5 Å². The summed E-state index contributed by atoms with van der Waals surface area (Å²) in [6.07, 6.45) is 3.91. The van der Waals surface area contributed by atoms with E-state index in [1.165, 1.54) is 6.20 Å². The van der Waals surface area contributed by atoms with E-state index in [1.807, 2.05) is 6.07 Å². The molecule has 1 aliphatic rings. The molecule has 2 amide bonds. The fraction of sp³-hybridized carbons (Fsp3) is 0.125. The van der Waals surface area contributed by atoms with Crippen molar-refractivity contribution in [2.75, 3.05) is 11.4 Å². The van der Waals surface area contributed by atoms with Gasteiger partial charge in [-0.2, -0.15) is 5.10 Å². The van der Waals surface area contributed by atoms with E-state index in [0.717, 1.165) is 23.1 Å². The molecular formula is C16H13N5O2. The van der Waals surface area contributed by atoms with Crippen molar-refractivity contribution < 1.29 is 9.59 Å². The number of hydrogen-bond acceptors (Lipinski definition) is 4. The number of benzene rings is 1. The highest BCUT2D eigenvalue weighted by molar-refractivity contribution is 6.09. The Labute approximate surface area is 131 Å². The third-order valence-corrected chi connectivity index (χ3v) is 4.05. The predicted octanol–water partition coefficient (Wildman–Crippen LogP) is 1.26. The third-order valence-electron chi connectivity index (χ3n) is 4.05. The summed E-state index contributed by atoms with van der Waals surface area (Å²) in [5.41, 5.74) is 8.61. The van der Waals surface area contributed by atoms with Gasteiger partial charge >= 0.3 is 0 Å². The van der Waals surface area contributed by atoms with Crippen LogP contribution in [0.1, 0.15) is 26.3 Å². The van der Waals surface area contributed by atoms with Crippen LogP contribution in [-0.2, 0) is 6.42 Å². The molecule has 3 aromatic rings. The van der Waals surface area contributed by atoms with Crippen LogP contribution < -0.4 is 10.6 Å². The molecule has 3 N–H and O–H groups in total. The molecule has 0 unspecified atom stereocenters. The average Bonchev–Trinajstić information content (AvgIpc) is 3.19. The van der Waals surface area contributed by atoms with Crippen LogP contribution >= 0.6 is 0 Å². The summed E-state index contributed by atoms with van der Waals surface area (Å²) in [6.45, 7) is 0.569. The number of rotatable bonds is 2. The Morgan fingerprint density at radius 1 is 1.17 bits per heavy atom. The zero-order valence-electron chi connectivity index (χ0n) is 12.1. The smallest absolute Gasteiger partial charge is 0.259 e. The number of H-pyrrole nitrogens is 1. The minimum atomic E-state index is -0.506. The summed E-state index contributed by atoms with van der Waals surface area (Å²) in [5.74, 6) is -0.658. The van der Waals surface area contributed by atoms with E-state index >= 15 is 0 Å². The monoisotopic (exact) mass is 307 g/mol. The average molecular weight is 307 g/mol. The molecule has 0 saturated heterocycles. The lowest BCUT2D eigenvalue weighted by Gasteiger charge is -2.17. The van der Waals surface area contributed by atoms with Gasteiger partial charge in [0, 0.05) is 29.4 Å². The van der Waals surface area contributed by atoms with Gasteiger partial charge in [0.05, 0.1) is 11.8 Å². The summed E-state index contributed by atoms with van der Waals surface area (Å²) in [7, 11) is 0. The summed E-state index contributed by atoms with van der Waals surface area (Å²) in [4.78, 5) is 30.0. The first kappa shape index (κ1) is 13.4. The lowest BCUT2D eigenvalue weighted by atomic mass is 10.1. The number of pyridine rings is 1. The van der Waals surface area contributed by atoms with Crippen LogP contribution in [0.25, 0.3) is 11.0 Å². The van der Waals surface area contributed by atoms with Gasteiger partial charge in [-0.15, -0.1) is 0 Å². The highest BCUT2D eigenvalue weighted by atomic mass is 16.2. The quantitative estimate of drug-likeness (QED) is 0.743. The Morgan fingerprint density at radius 2 is 2.04 bits per heavy atom. The van der Waals surface area contributed by atoms with E-state index in [1.54, 1.807) is 29.3 Å². The number of primary amides is 1. The van der Waals surface area contributed by atoms with E-state index in [0.29, 0.717) is 23.3 Å². The molecule has 0 aliphatic carbocycles. The number of nitrogens with one attached hydrogen (secondary N) is 1. The summed E-state index contributed by atoms with van der Waals surface area (Å²) in [5, 5.41) is 7.43. The summed E-state index contributed by atoms with van der Waals surface area (Å²) >= 11 is 0. The van der Waals surface area contributed by atoms with E-state index in [-0.39, 0.29) is 5.91 Å². The maximum Gasteiger partial charge on any atom is 0.259 e. The number of aromatic amines is 1. The van der Waals surface area contributed by atoms with Gasteiger partial charge < -0.3 is 10.6 Å². The van der Waals surface area contributed by atoms with Gasteiger partial charge in [-0.1, -0.05) is 6.07 Å². The molecule has 7 nitrogen and oxygen atoms in total. The van der Waals surface area contributed by atoms with Gasteiger partial charge in [-0.3, -0.25) is 14.7 Å². The van der Waals surface area contributed by atoms with Crippen LogP contribution in [0.2, 0.25) is 0 Å². The molecule has 1 aromatic carbocycles. The number of nitrogens with zero attached hydrogens (tertiary/aromatic N) is 3. The number of amides is 2. The highest BCUT2D eigenvalue weighted by Gasteiger charge is 2.26. The van der Waals surface area contributed by atoms with Crippen molar-refractivity contribution in [3.05, 3.63) is 53.3 Å². The maximum atomic E-state index is 12.8. The van der Waals surface area contributed by atoms with Gasteiger partial charge in [-0.05, 0) is 30.2 Å². The van der Waals surface area contributed by atoms with Crippen molar-refractivity contribution in [3.63, 3.8) is 0 Å². The van der Waals surface area contributed by atoms with Crippen molar-refractivity contribution >= 4 is 28.5 Å². The van der Waals surface area contributed by atoms with Crippen LogP contribution in [0.3, 0.4) is 0 Å². The predicted molar refractivity (Wildman–Crippen MR) is 84.2 cm³/mol. The lowest BCUT2D eigenvalue weighted by Crippen LogP contribution is -2.29. The number of carbonyl (C=O) groups is 2. The van der Waals surface area contributed by atoms with Crippen LogP contribution in [0, 0.1) is 0 Å². The molecule has 0 radical (unpaired) electrons. The third kappa shape index (κ3) is 2.13. The van der Waals surface area contributed by atoms with Crippen molar-refractivity contribution in [1.82, 2.24) is 15.2 Å². The summed E-state index contributed by atoms with van der Waals surface area (Å²) in [6, 6.07) is 6.96. The first-order chi connectivity index (χ1) is 11.1. The van der Waals surface area contributed by atoms with Crippen LogP contribution in [0.5, 0.6) is 0 Å². The zero-order valence-corrected chi connectivity index (χ0v) is 12.1. The molecule has 0 saturated carbocycles.